The van der Waals surface area contributed by atoms with Crippen LogP contribution < -0.4 is 5.32 Å². The normalized spacial score (nSPS) is 22.1. The third-order valence-electron chi connectivity index (χ3n) is 2.44. The van der Waals surface area contributed by atoms with Crippen molar-refractivity contribution < 1.29 is 9.50 Å². The van der Waals surface area contributed by atoms with Gasteiger partial charge in [0.05, 0.1) is 0 Å². The highest BCUT2D eigenvalue weighted by atomic mass is 19.1. The molecule has 0 aliphatic carbocycles. The number of hydrogen-bond donors (Lipinski definition) is 2. The van der Waals surface area contributed by atoms with E-state index in [0.29, 0.717) is 5.56 Å². The summed E-state index contributed by atoms with van der Waals surface area (Å²) in [7, 11) is 0. The van der Waals surface area contributed by atoms with Gasteiger partial charge in [0.15, 0.2) is 0 Å². The lowest BCUT2D eigenvalue weighted by Gasteiger charge is -2.12. The maximum Gasteiger partial charge on any atom is 0.131 e. The van der Waals surface area contributed by atoms with Gasteiger partial charge in [0, 0.05) is 11.6 Å². The molecule has 2 nitrogen and oxygen atoms in total. The third-order valence-corrected chi connectivity index (χ3v) is 2.44. The average Bonchev–Trinajstić information content (AvgIpc) is 2.57. The van der Waals surface area contributed by atoms with Gasteiger partial charge in [-0.05, 0) is 31.5 Å². The highest BCUT2D eigenvalue weighted by Crippen LogP contribution is 2.31. The van der Waals surface area contributed by atoms with Crippen LogP contribution in [0.1, 0.15) is 24.4 Å². The Bertz CT molecular complexity index is 288. The third kappa shape index (κ3) is 1.52. The van der Waals surface area contributed by atoms with Crippen LogP contribution in [0.2, 0.25) is 0 Å². The Morgan fingerprint density at radius 2 is 2.31 bits per heavy atom. The van der Waals surface area contributed by atoms with Gasteiger partial charge in [-0.25, -0.2) is 4.39 Å². The van der Waals surface area contributed by atoms with E-state index >= 15 is 0 Å². The first-order chi connectivity index (χ1) is 6.29. The predicted molar refractivity (Wildman–Crippen MR) is 48.0 cm³/mol. The van der Waals surface area contributed by atoms with Gasteiger partial charge >= 0.3 is 0 Å². The van der Waals surface area contributed by atoms with Crippen LogP contribution in [0.25, 0.3) is 0 Å². The molecule has 0 radical (unpaired) electrons. The molecule has 1 aliphatic rings. The molecule has 13 heavy (non-hydrogen) atoms. The summed E-state index contributed by atoms with van der Waals surface area (Å²) in [5.74, 6) is -0.265. The van der Waals surface area contributed by atoms with Gasteiger partial charge in [0.1, 0.15) is 11.6 Å². The molecule has 1 atom stereocenters. The van der Waals surface area contributed by atoms with Crippen LogP contribution in [0.3, 0.4) is 0 Å². The lowest BCUT2D eigenvalue weighted by Crippen LogP contribution is -2.14. The standard InChI is InChI=1S/C10H12FNO/c11-7-3-1-5-9(13)10(7)8-4-2-6-12-8/h1,3,5,8,12-13H,2,4,6H2/t8-/m1/s1. The zero-order valence-electron chi connectivity index (χ0n) is 7.26. The fraction of sp³-hybridized carbons (Fsp3) is 0.400. The molecule has 0 spiro atoms. The van der Waals surface area contributed by atoms with E-state index in [1.807, 2.05) is 0 Å². The van der Waals surface area contributed by atoms with Crippen molar-refractivity contribution in [3.05, 3.63) is 29.6 Å². The summed E-state index contributed by atoms with van der Waals surface area (Å²) in [6.45, 7) is 0.901. The largest absolute Gasteiger partial charge is 0.508 e. The Morgan fingerprint density at radius 3 is 2.92 bits per heavy atom. The first kappa shape index (κ1) is 8.51. The van der Waals surface area contributed by atoms with Crippen molar-refractivity contribution in [1.29, 1.82) is 0 Å². The zero-order chi connectivity index (χ0) is 9.26. The summed E-state index contributed by atoms with van der Waals surface area (Å²) in [5.41, 5.74) is 0.417. The van der Waals surface area contributed by atoms with E-state index in [2.05, 4.69) is 5.32 Å². The zero-order valence-corrected chi connectivity index (χ0v) is 7.26. The minimum Gasteiger partial charge on any atom is -0.508 e. The fourth-order valence-electron chi connectivity index (χ4n) is 1.80. The molecule has 0 bridgehead atoms. The molecule has 1 fully saturated rings. The summed E-state index contributed by atoms with van der Waals surface area (Å²) in [4.78, 5) is 0. The van der Waals surface area contributed by atoms with E-state index in [0.717, 1.165) is 19.4 Å². The van der Waals surface area contributed by atoms with Crippen molar-refractivity contribution in [2.24, 2.45) is 0 Å². The molecule has 1 aromatic rings. The SMILES string of the molecule is Oc1cccc(F)c1[C@H]1CCCN1. The molecule has 70 valence electrons. The number of phenolic OH excluding ortho intramolecular Hbond substituents is 1. The molecule has 3 heteroatoms. The van der Waals surface area contributed by atoms with Crippen molar-refractivity contribution in [3.63, 3.8) is 0 Å². The Balaban J connectivity index is 2.37. The summed E-state index contributed by atoms with van der Waals surface area (Å²) < 4.78 is 13.3. The van der Waals surface area contributed by atoms with Crippen LogP contribution in [0.4, 0.5) is 4.39 Å². The van der Waals surface area contributed by atoms with E-state index in [1.165, 1.54) is 18.2 Å². The number of hydrogen-bond acceptors (Lipinski definition) is 2. The smallest absolute Gasteiger partial charge is 0.131 e. The number of aromatic hydroxyl groups is 1. The minimum atomic E-state index is -0.320. The molecule has 0 saturated carbocycles. The van der Waals surface area contributed by atoms with E-state index in [-0.39, 0.29) is 17.6 Å². The van der Waals surface area contributed by atoms with Gasteiger partial charge < -0.3 is 10.4 Å². The topological polar surface area (TPSA) is 32.3 Å². The van der Waals surface area contributed by atoms with Gasteiger partial charge in [-0.1, -0.05) is 6.07 Å². The maximum absolute atomic E-state index is 13.3. The minimum absolute atomic E-state index is 0.0128. The summed E-state index contributed by atoms with van der Waals surface area (Å²) in [6.07, 6.45) is 1.94. The highest BCUT2D eigenvalue weighted by molar-refractivity contribution is 5.36. The second kappa shape index (κ2) is 3.34. The van der Waals surface area contributed by atoms with Crippen molar-refractivity contribution in [3.8, 4) is 5.75 Å². The van der Waals surface area contributed by atoms with E-state index in [9.17, 15) is 9.50 Å². The fourth-order valence-corrected chi connectivity index (χ4v) is 1.80. The molecule has 1 aromatic carbocycles. The Morgan fingerprint density at radius 1 is 1.46 bits per heavy atom. The van der Waals surface area contributed by atoms with Crippen LogP contribution in [0.5, 0.6) is 5.75 Å². The van der Waals surface area contributed by atoms with Gasteiger partial charge in [0.25, 0.3) is 0 Å². The molecule has 1 saturated heterocycles. The number of phenols is 1. The van der Waals surface area contributed by atoms with Gasteiger partial charge in [0.2, 0.25) is 0 Å². The van der Waals surface area contributed by atoms with Crippen molar-refractivity contribution in [1.82, 2.24) is 5.32 Å². The summed E-state index contributed by atoms with van der Waals surface area (Å²) in [5, 5.41) is 12.6. The molecule has 2 N–H and O–H groups in total. The van der Waals surface area contributed by atoms with Crippen molar-refractivity contribution in [2.45, 2.75) is 18.9 Å². The van der Waals surface area contributed by atoms with E-state index in [4.69, 9.17) is 0 Å². The monoisotopic (exact) mass is 181 g/mol. The lowest BCUT2D eigenvalue weighted by molar-refractivity contribution is 0.443. The molecule has 0 aromatic heterocycles. The van der Waals surface area contributed by atoms with Crippen LogP contribution in [0.15, 0.2) is 18.2 Å². The number of nitrogens with one attached hydrogen (secondary N) is 1. The van der Waals surface area contributed by atoms with E-state index < -0.39 is 0 Å². The molecule has 0 unspecified atom stereocenters. The second-order valence-corrected chi connectivity index (χ2v) is 3.32. The van der Waals surface area contributed by atoms with Gasteiger partial charge in [-0.15, -0.1) is 0 Å². The van der Waals surface area contributed by atoms with Crippen LogP contribution >= 0.6 is 0 Å². The molecule has 1 heterocycles. The first-order valence-electron chi connectivity index (χ1n) is 4.50. The Hall–Kier alpha value is -1.09. The Labute approximate surface area is 76.4 Å². The van der Waals surface area contributed by atoms with Crippen molar-refractivity contribution in [2.75, 3.05) is 6.54 Å². The van der Waals surface area contributed by atoms with Crippen LogP contribution in [-0.4, -0.2) is 11.7 Å². The lowest BCUT2D eigenvalue weighted by atomic mass is 10.0. The van der Waals surface area contributed by atoms with Crippen LogP contribution in [0, 0.1) is 5.82 Å². The number of halogens is 1. The summed E-state index contributed by atoms with van der Waals surface area (Å²) >= 11 is 0. The number of rotatable bonds is 1. The molecule has 0 amide bonds. The Kier molecular flexibility index (Phi) is 2.19. The van der Waals surface area contributed by atoms with E-state index in [1.54, 1.807) is 0 Å². The molecular weight excluding hydrogens is 169 g/mol. The molecule has 2 rings (SSSR count). The van der Waals surface area contributed by atoms with Crippen molar-refractivity contribution >= 4 is 0 Å². The maximum atomic E-state index is 13.3. The quantitative estimate of drug-likeness (QED) is 0.694. The second-order valence-electron chi connectivity index (χ2n) is 3.32. The van der Waals surface area contributed by atoms with Gasteiger partial charge in [-0.2, -0.15) is 0 Å². The first-order valence-corrected chi connectivity index (χ1v) is 4.50. The predicted octanol–water partition coefficient (Wildman–Crippen LogP) is 1.96. The highest BCUT2D eigenvalue weighted by Gasteiger charge is 2.22. The summed E-state index contributed by atoms with van der Waals surface area (Å²) in [6, 6.07) is 4.41. The van der Waals surface area contributed by atoms with Gasteiger partial charge in [-0.3, -0.25) is 0 Å². The van der Waals surface area contributed by atoms with Crippen LogP contribution in [-0.2, 0) is 0 Å². The molecule has 1 aliphatic heterocycles. The number of benzene rings is 1. The molecular formula is C10H12FNO. The average molecular weight is 181 g/mol.